The molecule has 0 aliphatic carbocycles. The van der Waals surface area contributed by atoms with E-state index < -0.39 is 0 Å². The molecule has 2 nitrogen and oxygen atoms in total. The third-order valence-electron chi connectivity index (χ3n) is 1.92. The molecule has 0 aromatic carbocycles. The maximum Gasteiger partial charge on any atom is 0.166 e. The van der Waals surface area contributed by atoms with Crippen molar-refractivity contribution >= 4 is 44.6 Å². The van der Waals surface area contributed by atoms with Crippen LogP contribution in [-0.4, -0.2) is 11.7 Å². The highest BCUT2D eigenvalue weighted by molar-refractivity contribution is 9.10. The van der Waals surface area contributed by atoms with E-state index in [1.54, 1.807) is 11.3 Å². The summed E-state index contributed by atoms with van der Waals surface area (Å²) in [5, 5.41) is 9.16. The largest absolute Gasteiger partial charge is 0.363 e. The van der Waals surface area contributed by atoms with E-state index in [-0.39, 0.29) is 0 Å². The molecule has 5 heteroatoms. The molecule has 0 fully saturated rings. The monoisotopic (exact) mass is 306 g/mol. The van der Waals surface area contributed by atoms with Gasteiger partial charge in [0.2, 0.25) is 0 Å². The first-order valence-corrected chi connectivity index (χ1v) is 7.05. The molecular weight excluding hydrogens is 292 g/mol. The van der Waals surface area contributed by atoms with Crippen molar-refractivity contribution in [3.8, 4) is 0 Å². The lowest BCUT2D eigenvalue weighted by Gasteiger charge is -2.09. The summed E-state index contributed by atoms with van der Waals surface area (Å²) in [6.45, 7) is 3.91. The summed E-state index contributed by atoms with van der Waals surface area (Å²) < 4.78 is 1.15. The van der Waals surface area contributed by atoms with E-state index >= 15 is 0 Å². The highest BCUT2D eigenvalue weighted by Crippen LogP contribution is 2.21. The zero-order valence-corrected chi connectivity index (χ0v) is 11.9. The van der Waals surface area contributed by atoms with Crippen LogP contribution < -0.4 is 10.6 Å². The zero-order chi connectivity index (χ0) is 11.1. The van der Waals surface area contributed by atoms with Crippen molar-refractivity contribution in [1.29, 1.82) is 0 Å². The van der Waals surface area contributed by atoms with Crippen LogP contribution in [-0.2, 0) is 6.54 Å². The molecule has 0 aliphatic heterocycles. The minimum atomic E-state index is 0.740. The van der Waals surface area contributed by atoms with Crippen molar-refractivity contribution in [2.45, 2.75) is 26.3 Å². The minimum absolute atomic E-state index is 0.740. The van der Waals surface area contributed by atoms with Crippen LogP contribution in [0.5, 0.6) is 0 Å². The van der Waals surface area contributed by atoms with Gasteiger partial charge in [-0.25, -0.2) is 0 Å². The van der Waals surface area contributed by atoms with E-state index in [0.717, 1.165) is 29.1 Å². The number of thiocarbonyl (C=S) groups is 1. The predicted octanol–water partition coefficient (Wildman–Crippen LogP) is 3.27. The molecule has 0 aliphatic rings. The third-order valence-corrected chi connectivity index (χ3v) is 4.13. The van der Waals surface area contributed by atoms with E-state index in [4.69, 9.17) is 12.2 Å². The molecule has 0 unspecified atom stereocenters. The maximum atomic E-state index is 5.15. The van der Waals surface area contributed by atoms with Crippen molar-refractivity contribution in [3.05, 3.63) is 20.8 Å². The van der Waals surface area contributed by atoms with Crippen LogP contribution in [0.1, 0.15) is 24.6 Å². The van der Waals surface area contributed by atoms with Crippen LogP contribution in [0.2, 0.25) is 0 Å². The molecule has 15 heavy (non-hydrogen) atoms. The van der Waals surface area contributed by atoms with Crippen LogP contribution in [0.25, 0.3) is 0 Å². The fourth-order valence-corrected chi connectivity index (χ4v) is 2.66. The van der Waals surface area contributed by atoms with Crippen molar-refractivity contribution in [2.24, 2.45) is 0 Å². The molecule has 1 rings (SSSR count). The molecule has 0 atom stereocenters. The second-order valence-electron chi connectivity index (χ2n) is 3.15. The molecule has 2 N–H and O–H groups in total. The van der Waals surface area contributed by atoms with Gasteiger partial charge in [-0.2, -0.15) is 0 Å². The Labute approximate surface area is 109 Å². The average molecular weight is 307 g/mol. The zero-order valence-electron chi connectivity index (χ0n) is 8.68. The number of hydrogen-bond acceptors (Lipinski definition) is 2. The van der Waals surface area contributed by atoms with E-state index in [9.17, 15) is 0 Å². The van der Waals surface area contributed by atoms with E-state index in [0.29, 0.717) is 0 Å². The van der Waals surface area contributed by atoms with E-state index in [1.807, 2.05) is 0 Å². The maximum absolute atomic E-state index is 5.15. The van der Waals surface area contributed by atoms with Crippen LogP contribution in [0.15, 0.2) is 15.9 Å². The summed E-state index contributed by atoms with van der Waals surface area (Å²) >= 11 is 10.4. The Balaban J connectivity index is 2.20. The first-order chi connectivity index (χ1) is 7.24. The molecule has 0 saturated heterocycles. The van der Waals surface area contributed by atoms with Crippen molar-refractivity contribution in [3.63, 3.8) is 0 Å². The smallest absolute Gasteiger partial charge is 0.166 e. The molecule has 0 bridgehead atoms. The summed E-state index contributed by atoms with van der Waals surface area (Å²) in [4.78, 5) is 1.27. The lowest BCUT2D eigenvalue weighted by atomic mass is 10.3. The van der Waals surface area contributed by atoms with Gasteiger partial charge in [-0.3, -0.25) is 0 Å². The van der Waals surface area contributed by atoms with Crippen molar-refractivity contribution in [1.82, 2.24) is 10.6 Å². The Kier molecular flexibility index (Phi) is 6.20. The van der Waals surface area contributed by atoms with Crippen molar-refractivity contribution < 1.29 is 0 Å². The van der Waals surface area contributed by atoms with Gasteiger partial charge in [0.15, 0.2) is 5.11 Å². The number of halogens is 1. The highest BCUT2D eigenvalue weighted by Gasteiger charge is 2.01. The average Bonchev–Trinajstić information content (AvgIpc) is 2.61. The van der Waals surface area contributed by atoms with Gasteiger partial charge in [0.25, 0.3) is 0 Å². The lowest BCUT2D eigenvalue weighted by molar-refractivity contribution is 0.740. The number of rotatable bonds is 5. The summed E-state index contributed by atoms with van der Waals surface area (Å²) in [6, 6.07) is 2.05. The summed E-state index contributed by atoms with van der Waals surface area (Å²) in [5.41, 5.74) is 0. The minimum Gasteiger partial charge on any atom is -0.363 e. The fraction of sp³-hybridized carbons (Fsp3) is 0.500. The first kappa shape index (κ1) is 12.9. The van der Waals surface area contributed by atoms with E-state index in [1.165, 1.54) is 11.3 Å². The molecule has 0 radical (unpaired) electrons. The van der Waals surface area contributed by atoms with Crippen molar-refractivity contribution in [2.75, 3.05) is 6.54 Å². The molecule has 1 aromatic rings. The van der Waals surface area contributed by atoms with Crippen LogP contribution in [0.3, 0.4) is 0 Å². The molecule has 0 amide bonds. The summed E-state index contributed by atoms with van der Waals surface area (Å²) in [6.07, 6.45) is 2.34. The van der Waals surface area contributed by atoms with E-state index in [2.05, 4.69) is 44.9 Å². The molecule has 0 spiro atoms. The molecule has 84 valence electrons. The normalized spacial score (nSPS) is 10.0. The predicted molar refractivity (Wildman–Crippen MR) is 74.4 cm³/mol. The Morgan fingerprint density at radius 2 is 2.33 bits per heavy atom. The molecule has 0 saturated carbocycles. The molecule has 1 aromatic heterocycles. The summed E-state index contributed by atoms with van der Waals surface area (Å²) in [5.74, 6) is 0. The number of thiophene rings is 1. The van der Waals surface area contributed by atoms with Gasteiger partial charge in [-0.15, -0.1) is 11.3 Å². The van der Waals surface area contributed by atoms with Gasteiger partial charge in [0.1, 0.15) is 0 Å². The molecule has 1 heterocycles. The van der Waals surface area contributed by atoms with Crippen LogP contribution >= 0.6 is 39.5 Å². The van der Waals surface area contributed by atoms with Gasteiger partial charge < -0.3 is 10.6 Å². The Morgan fingerprint density at radius 1 is 1.53 bits per heavy atom. The fourth-order valence-electron chi connectivity index (χ4n) is 1.05. The standard InChI is InChI=1S/C10H15BrN2S2/c1-2-3-5-12-10(14)13-7-9-8(11)4-6-15-9/h4,6H,2-3,5,7H2,1H3,(H2,12,13,14). The quantitative estimate of drug-likeness (QED) is 0.645. The number of hydrogen-bond donors (Lipinski definition) is 2. The van der Waals surface area contributed by atoms with Gasteiger partial charge >= 0.3 is 0 Å². The van der Waals surface area contributed by atoms with Gasteiger partial charge in [-0.05, 0) is 46.0 Å². The first-order valence-electron chi connectivity index (χ1n) is 4.97. The summed E-state index contributed by atoms with van der Waals surface area (Å²) in [7, 11) is 0. The number of unbranched alkanes of at least 4 members (excludes halogenated alkanes) is 1. The second kappa shape index (κ2) is 7.19. The van der Waals surface area contributed by atoms with Gasteiger partial charge in [0, 0.05) is 15.9 Å². The third kappa shape index (κ3) is 4.95. The SMILES string of the molecule is CCCCNC(=S)NCc1sccc1Br. The second-order valence-corrected chi connectivity index (χ2v) is 5.42. The number of nitrogens with one attached hydrogen (secondary N) is 2. The Morgan fingerprint density at radius 3 is 2.93 bits per heavy atom. The Bertz CT molecular complexity index is 312. The topological polar surface area (TPSA) is 24.1 Å². The Hall–Kier alpha value is -0.130. The van der Waals surface area contributed by atoms with Gasteiger partial charge in [-0.1, -0.05) is 13.3 Å². The molecular formula is C10H15BrN2S2. The van der Waals surface area contributed by atoms with Crippen LogP contribution in [0, 0.1) is 0 Å². The van der Waals surface area contributed by atoms with Crippen LogP contribution in [0.4, 0.5) is 0 Å². The van der Waals surface area contributed by atoms with Gasteiger partial charge in [0.05, 0.1) is 6.54 Å². The lowest BCUT2D eigenvalue weighted by Crippen LogP contribution is -2.35. The highest BCUT2D eigenvalue weighted by atomic mass is 79.9.